The van der Waals surface area contributed by atoms with Crippen molar-refractivity contribution in [3.8, 4) is 17.0 Å². The predicted molar refractivity (Wildman–Crippen MR) is 122 cm³/mol. The molecule has 4 rings (SSSR count). The fourth-order valence-electron chi connectivity index (χ4n) is 3.76. The smallest absolute Gasteiger partial charge is 0.229 e. The van der Waals surface area contributed by atoms with Gasteiger partial charge in [-0.25, -0.2) is 9.97 Å². The minimum absolute atomic E-state index is 0.0993. The van der Waals surface area contributed by atoms with Gasteiger partial charge >= 0.3 is 0 Å². The summed E-state index contributed by atoms with van der Waals surface area (Å²) >= 11 is 3.42. The van der Waals surface area contributed by atoms with Crippen LogP contribution in [0.5, 0.6) is 5.75 Å². The molecular formula is C24H24BrN3O2. The van der Waals surface area contributed by atoms with E-state index in [1.165, 1.54) is 0 Å². The molecule has 1 aromatic heterocycles. The third kappa shape index (κ3) is 4.54. The van der Waals surface area contributed by atoms with E-state index >= 15 is 0 Å². The van der Waals surface area contributed by atoms with Gasteiger partial charge in [-0.15, -0.1) is 0 Å². The first-order valence-electron chi connectivity index (χ1n) is 10.2. The number of carbonyl (C=O) groups is 1. The van der Waals surface area contributed by atoms with Crippen LogP contribution in [0.2, 0.25) is 0 Å². The van der Waals surface area contributed by atoms with E-state index in [2.05, 4.69) is 35.1 Å². The van der Waals surface area contributed by atoms with Gasteiger partial charge in [0.15, 0.2) is 5.82 Å². The molecule has 154 valence electrons. The lowest BCUT2D eigenvalue weighted by molar-refractivity contribution is -0.115. The van der Waals surface area contributed by atoms with Crippen molar-refractivity contribution in [2.75, 3.05) is 5.32 Å². The van der Waals surface area contributed by atoms with E-state index in [-0.39, 0.29) is 18.1 Å². The second-order valence-corrected chi connectivity index (χ2v) is 9.02. The number of fused-ring (bicyclic) bond motifs is 3. The highest BCUT2D eigenvalue weighted by atomic mass is 79.9. The van der Waals surface area contributed by atoms with Gasteiger partial charge in [-0.1, -0.05) is 41.9 Å². The van der Waals surface area contributed by atoms with E-state index in [1.54, 1.807) is 12.1 Å². The molecule has 0 saturated heterocycles. The summed E-state index contributed by atoms with van der Waals surface area (Å²) in [6, 6.07) is 13.1. The van der Waals surface area contributed by atoms with Gasteiger partial charge in [0.2, 0.25) is 5.91 Å². The van der Waals surface area contributed by atoms with Gasteiger partial charge in [-0.3, -0.25) is 4.79 Å². The fraction of sp³-hybridized carbons (Fsp3) is 0.292. The van der Waals surface area contributed by atoms with Gasteiger partial charge in [-0.05, 0) is 66.6 Å². The summed E-state index contributed by atoms with van der Waals surface area (Å²) in [6.45, 7) is 4.25. The number of phenols is 1. The summed E-state index contributed by atoms with van der Waals surface area (Å²) in [5, 5.41) is 12.8. The molecule has 0 unspecified atom stereocenters. The molecular weight excluding hydrogens is 442 g/mol. The quantitative estimate of drug-likeness (QED) is 0.550. The highest BCUT2D eigenvalue weighted by Crippen LogP contribution is 2.35. The molecule has 0 saturated carbocycles. The monoisotopic (exact) mass is 465 g/mol. The van der Waals surface area contributed by atoms with Crippen LogP contribution < -0.4 is 5.32 Å². The molecule has 2 N–H and O–H groups in total. The van der Waals surface area contributed by atoms with Gasteiger partial charge < -0.3 is 10.4 Å². The Hall–Kier alpha value is -2.73. The number of anilines is 1. The topological polar surface area (TPSA) is 75.1 Å². The third-order valence-corrected chi connectivity index (χ3v) is 5.68. The van der Waals surface area contributed by atoms with Crippen LogP contribution in [0.15, 0.2) is 46.9 Å². The Kier molecular flexibility index (Phi) is 5.86. The van der Waals surface area contributed by atoms with Crippen molar-refractivity contribution >= 4 is 27.7 Å². The van der Waals surface area contributed by atoms with E-state index in [0.29, 0.717) is 11.7 Å². The molecule has 1 amide bonds. The average molecular weight is 466 g/mol. The molecule has 0 atom stereocenters. The Bertz CT molecular complexity index is 1090. The molecule has 1 aliphatic carbocycles. The summed E-state index contributed by atoms with van der Waals surface area (Å²) in [5.41, 5.74) is 5.59. The molecule has 0 fully saturated rings. The zero-order valence-electron chi connectivity index (χ0n) is 17.1. The largest absolute Gasteiger partial charge is 0.508 e. The Morgan fingerprint density at radius 2 is 1.90 bits per heavy atom. The zero-order chi connectivity index (χ0) is 21.3. The number of hydrogen-bond acceptors (Lipinski definition) is 4. The summed E-state index contributed by atoms with van der Waals surface area (Å²) in [5.74, 6) is 1.11. The zero-order valence-corrected chi connectivity index (χ0v) is 18.7. The Morgan fingerprint density at radius 1 is 1.13 bits per heavy atom. The number of halogens is 1. The number of phenolic OH excluding ortho intramolecular Hbond substituents is 1. The van der Waals surface area contributed by atoms with E-state index in [9.17, 15) is 9.90 Å². The molecule has 2 aromatic carbocycles. The number of nitrogens with one attached hydrogen (secondary N) is 1. The van der Waals surface area contributed by atoms with Crippen LogP contribution in [0.3, 0.4) is 0 Å². The SMILES string of the molecule is CC(C)Cc1nc2c(nc1NC(=O)Cc1ccc(Br)cc1)CCc1cc(O)ccc1-2. The van der Waals surface area contributed by atoms with Crippen LogP contribution in [-0.2, 0) is 30.5 Å². The van der Waals surface area contributed by atoms with Gasteiger partial charge in [-0.2, -0.15) is 0 Å². The number of aromatic nitrogens is 2. The van der Waals surface area contributed by atoms with Gasteiger partial charge in [0.05, 0.1) is 23.5 Å². The van der Waals surface area contributed by atoms with E-state index in [1.807, 2.05) is 30.3 Å². The summed E-state index contributed by atoms with van der Waals surface area (Å²) < 4.78 is 0.986. The molecule has 0 spiro atoms. The molecule has 0 aliphatic heterocycles. The first-order valence-corrected chi connectivity index (χ1v) is 10.9. The molecule has 5 nitrogen and oxygen atoms in total. The Morgan fingerprint density at radius 3 is 2.63 bits per heavy atom. The van der Waals surface area contributed by atoms with Gasteiger partial charge in [0.1, 0.15) is 5.75 Å². The number of amides is 1. The van der Waals surface area contributed by atoms with Crippen molar-refractivity contribution in [1.82, 2.24) is 9.97 Å². The van der Waals surface area contributed by atoms with E-state index < -0.39 is 0 Å². The number of aromatic hydroxyl groups is 1. The van der Waals surface area contributed by atoms with Crippen molar-refractivity contribution < 1.29 is 9.90 Å². The highest BCUT2D eigenvalue weighted by molar-refractivity contribution is 9.10. The van der Waals surface area contributed by atoms with Crippen LogP contribution in [0, 0.1) is 5.92 Å². The molecule has 3 aromatic rings. The van der Waals surface area contributed by atoms with Crippen LogP contribution >= 0.6 is 15.9 Å². The first kappa shape index (κ1) is 20.5. The van der Waals surface area contributed by atoms with Crippen LogP contribution in [-0.4, -0.2) is 21.0 Å². The lowest BCUT2D eigenvalue weighted by Crippen LogP contribution is -2.20. The number of nitrogens with zero attached hydrogens (tertiary/aromatic N) is 2. The van der Waals surface area contributed by atoms with Crippen LogP contribution in [0.1, 0.15) is 36.4 Å². The molecule has 6 heteroatoms. The lowest BCUT2D eigenvalue weighted by atomic mass is 9.91. The number of rotatable bonds is 5. The minimum atomic E-state index is -0.0993. The molecule has 30 heavy (non-hydrogen) atoms. The van der Waals surface area contributed by atoms with Crippen molar-refractivity contribution in [3.05, 3.63) is 69.5 Å². The fourth-order valence-corrected chi connectivity index (χ4v) is 4.02. The van der Waals surface area contributed by atoms with Crippen molar-refractivity contribution in [2.24, 2.45) is 5.92 Å². The number of aryl methyl sites for hydroxylation is 2. The van der Waals surface area contributed by atoms with Gasteiger partial charge in [0, 0.05) is 10.0 Å². The Labute approximate surface area is 184 Å². The summed E-state index contributed by atoms with van der Waals surface area (Å²) in [4.78, 5) is 22.4. The molecule has 1 heterocycles. The second-order valence-electron chi connectivity index (χ2n) is 8.11. The van der Waals surface area contributed by atoms with E-state index in [0.717, 1.165) is 57.5 Å². The van der Waals surface area contributed by atoms with E-state index in [4.69, 9.17) is 9.97 Å². The van der Waals surface area contributed by atoms with Gasteiger partial charge in [0.25, 0.3) is 0 Å². The molecule has 0 radical (unpaired) electrons. The molecule has 1 aliphatic rings. The second kappa shape index (κ2) is 8.56. The third-order valence-electron chi connectivity index (χ3n) is 5.15. The average Bonchev–Trinajstić information content (AvgIpc) is 2.69. The Balaban J connectivity index is 1.65. The number of hydrogen-bond donors (Lipinski definition) is 2. The maximum Gasteiger partial charge on any atom is 0.229 e. The maximum atomic E-state index is 12.7. The highest BCUT2D eigenvalue weighted by Gasteiger charge is 2.23. The van der Waals surface area contributed by atoms with Crippen molar-refractivity contribution in [3.63, 3.8) is 0 Å². The molecule has 0 bridgehead atoms. The summed E-state index contributed by atoms with van der Waals surface area (Å²) in [6.07, 6.45) is 2.54. The van der Waals surface area contributed by atoms with Crippen molar-refractivity contribution in [2.45, 2.75) is 39.5 Å². The lowest BCUT2D eigenvalue weighted by Gasteiger charge is -2.21. The standard InChI is InChI=1S/C24H24BrN3O2/c1-14(2)11-21-24(28-22(30)12-15-3-6-17(25)7-4-15)27-20-10-5-16-13-18(29)8-9-19(16)23(20)26-21/h3-4,6-9,13-14,29H,5,10-12H2,1-2H3,(H,27,28,30). The first-order chi connectivity index (χ1) is 14.4. The number of carbonyl (C=O) groups excluding carboxylic acids is 1. The maximum absolute atomic E-state index is 12.7. The van der Waals surface area contributed by atoms with Crippen LogP contribution in [0.4, 0.5) is 5.82 Å². The minimum Gasteiger partial charge on any atom is -0.508 e. The number of benzene rings is 2. The normalized spacial score (nSPS) is 12.4. The summed E-state index contributed by atoms with van der Waals surface area (Å²) in [7, 11) is 0. The predicted octanol–water partition coefficient (Wildman–Crippen LogP) is 5.09. The van der Waals surface area contributed by atoms with Crippen LogP contribution in [0.25, 0.3) is 11.3 Å². The van der Waals surface area contributed by atoms with Crippen molar-refractivity contribution in [1.29, 1.82) is 0 Å².